The van der Waals surface area contributed by atoms with Gasteiger partial charge in [0.15, 0.2) is 0 Å². The molecule has 1 amide bonds. The molecule has 2 heterocycles. The molecule has 2 aliphatic rings. The predicted molar refractivity (Wildman–Crippen MR) is 58.9 cm³/mol. The Morgan fingerprint density at radius 1 is 1.47 bits per heavy atom. The molecule has 2 fully saturated rings. The van der Waals surface area contributed by atoms with E-state index in [1.165, 1.54) is 6.33 Å². The molecule has 6 nitrogen and oxygen atoms in total. The van der Waals surface area contributed by atoms with Gasteiger partial charge in [-0.1, -0.05) is 0 Å². The van der Waals surface area contributed by atoms with E-state index in [9.17, 15) is 9.90 Å². The number of carbonyl (C=O) groups excluding carboxylic acids is 1. The molecule has 0 spiro atoms. The van der Waals surface area contributed by atoms with Gasteiger partial charge in [0.25, 0.3) is 0 Å². The number of aromatic nitrogens is 3. The van der Waals surface area contributed by atoms with Gasteiger partial charge in [0, 0.05) is 6.42 Å². The largest absolute Gasteiger partial charge is 0.386 e. The zero-order valence-corrected chi connectivity index (χ0v) is 9.62. The second kappa shape index (κ2) is 3.80. The monoisotopic (exact) mass is 236 g/mol. The maximum Gasteiger partial charge on any atom is 0.224 e. The summed E-state index contributed by atoms with van der Waals surface area (Å²) in [7, 11) is 0. The molecule has 1 aromatic heterocycles. The molecular formula is C11H16N4O2. The van der Waals surface area contributed by atoms with E-state index in [0.717, 1.165) is 12.8 Å². The SMILES string of the molecule is O=C(CCn1cncn1)N1CC(O)(C2CC2)C1. The fourth-order valence-corrected chi connectivity index (χ4v) is 2.39. The van der Waals surface area contributed by atoms with Crippen molar-refractivity contribution < 1.29 is 9.90 Å². The average Bonchev–Trinajstić information content (AvgIpc) is 3.00. The fraction of sp³-hybridized carbons (Fsp3) is 0.727. The first-order valence-electron chi connectivity index (χ1n) is 6.00. The van der Waals surface area contributed by atoms with Crippen LogP contribution in [0.5, 0.6) is 0 Å². The Balaban J connectivity index is 1.45. The number of aliphatic hydroxyl groups is 1. The highest BCUT2D eigenvalue weighted by Gasteiger charge is 2.52. The summed E-state index contributed by atoms with van der Waals surface area (Å²) in [6, 6.07) is 0. The normalized spacial score (nSPS) is 22.3. The van der Waals surface area contributed by atoms with Gasteiger partial charge >= 0.3 is 0 Å². The highest BCUT2D eigenvalue weighted by atomic mass is 16.3. The Morgan fingerprint density at radius 2 is 2.24 bits per heavy atom. The van der Waals surface area contributed by atoms with Crippen LogP contribution in [0, 0.1) is 5.92 Å². The summed E-state index contributed by atoms with van der Waals surface area (Å²) in [6.45, 7) is 1.57. The molecule has 0 radical (unpaired) electrons. The van der Waals surface area contributed by atoms with Crippen molar-refractivity contribution in [3.8, 4) is 0 Å². The average molecular weight is 236 g/mol. The first-order valence-corrected chi connectivity index (χ1v) is 6.00. The van der Waals surface area contributed by atoms with Crippen LogP contribution in [0.1, 0.15) is 19.3 Å². The summed E-state index contributed by atoms with van der Waals surface area (Å²) < 4.78 is 1.64. The minimum absolute atomic E-state index is 0.0887. The van der Waals surface area contributed by atoms with Crippen LogP contribution in [-0.4, -0.2) is 49.4 Å². The van der Waals surface area contributed by atoms with Crippen molar-refractivity contribution in [2.24, 2.45) is 5.92 Å². The van der Waals surface area contributed by atoms with Gasteiger partial charge in [0.1, 0.15) is 18.3 Å². The second-order valence-electron chi connectivity index (χ2n) is 5.04. The topological polar surface area (TPSA) is 71.2 Å². The van der Waals surface area contributed by atoms with Gasteiger partial charge in [-0.15, -0.1) is 0 Å². The minimum Gasteiger partial charge on any atom is -0.386 e. The van der Waals surface area contributed by atoms with Crippen LogP contribution in [0.15, 0.2) is 12.7 Å². The van der Waals surface area contributed by atoms with Crippen molar-refractivity contribution in [2.75, 3.05) is 13.1 Å². The van der Waals surface area contributed by atoms with Crippen LogP contribution < -0.4 is 0 Å². The Hall–Kier alpha value is -1.43. The lowest BCUT2D eigenvalue weighted by Crippen LogP contribution is -2.64. The highest BCUT2D eigenvalue weighted by molar-refractivity contribution is 5.77. The van der Waals surface area contributed by atoms with Crippen LogP contribution in [0.25, 0.3) is 0 Å². The van der Waals surface area contributed by atoms with Crippen molar-refractivity contribution in [2.45, 2.75) is 31.4 Å². The third-order valence-electron chi connectivity index (χ3n) is 3.64. The van der Waals surface area contributed by atoms with Gasteiger partial charge in [-0.05, 0) is 18.8 Å². The molecular weight excluding hydrogens is 220 g/mol. The van der Waals surface area contributed by atoms with E-state index < -0.39 is 5.60 Å². The minimum atomic E-state index is -0.580. The molecule has 92 valence electrons. The maximum atomic E-state index is 11.8. The third-order valence-corrected chi connectivity index (χ3v) is 3.64. The van der Waals surface area contributed by atoms with E-state index in [4.69, 9.17) is 0 Å². The second-order valence-corrected chi connectivity index (χ2v) is 5.04. The molecule has 0 atom stereocenters. The number of aryl methyl sites for hydroxylation is 1. The number of rotatable bonds is 4. The molecule has 6 heteroatoms. The van der Waals surface area contributed by atoms with Crippen molar-refractivity contribution in [3.05, 3.63) is 12.7 Å². The molecule has 0 unspecified atom stereocenters. The summed E-state index contributed by atoms with van der Waals surface area (Å²) >= 11 is 0. The number of β-amino-alcohol motifs (C(OH)–C–C–N with tert-alkyl or cyclic N) is 1. The number of hydrogen-bond acceptors (Lipinski definition) is 4. The standard InChI is InChI=1S/C11H16N4O2/c16-10(3-4-15-8-12-7-13-15)14-5-11(17,6-14)9-1-2-9/h7-9,17H,1-6H2. The van der Waals surface area contributed by atoms with E-state index in [1.54, 1.807) is 15.9 Å². The van der Waals surface area contributed by atoms with Gasteiger partial charge in [-0.25, -0.2) is 4.98 Å². The Labute approximate surface area is 99.2 Å². The zero-order chi connectivity index (χ0) is 11.9. The quantitative estimate of drug-likeness (QED) is 0.775. The number of hydrogen-bond donors (Lipinski definition) is 1. The van der Waals surface area contributed by atoms with Crippen molar-refractivity contribution in [1.82, 2.24) is 19.7 Å². The molecule has 1 N–H and O–H groups in total. The van der Waals surface area contributed by atoms with E-state index in [0.29, 0.717) is 32.0 Å². The summed E-state index contributed by atoms with van der Waals surface area (Å²) in [5.74, 6) is 0.521. The van der Waals surface area contributed by atoms with E-state index >= 15 is 0 Å². The van der Waals surface area contributed by atoms with E-state index in [1.807, 2.05) is 0 Å². The maximum absolute atomic E-state index is 11.8. The Kier molecular flexibility index (Phi) is 2.39. The van der Waals surface area contributed by atoms with Crippen LogP contribution >= 0.6 is 0 Å². The van der Waals surface area contributed by atoms with E-state index in [-0.39, 0.29) is 5.91 Å². The summed E-state index contributed by atoms with van der Waals surface area (Å²) in [4.78, 5) is 17.4. The van der Waals surface area contributed by atoms with Gasteiger partial charge in [0.05, 0.1) is 19.6 Å². The summed E-state index contributed by atoms with van der Waals surface area (Å²) in [5.41, 5.74) is -0.580. The van der Waals surface area contributed by atoms with Gasteiger partial charge in [-0.2, -0.15) is 5.10 Å². The van der Waals surface area contributed by atoms with Crippen LogP contribution in [0.3, 0.4) is 0 Å². The predicted octanol–water partition coefficient (Wildman–Crippen LogP) is -0.349. The molecule has 1 saturated carbocycles. The molecule has 0 bridgehead atoms. The van der Waals surface area contributed by atoms with Gasteiger partial charge in [-0.3, -0.25) is 9.48 Å². The lowest BCUT2D eigenvalue weighted by atomic mass is 9.88. The van der Waals surface area contributed by atoms with Crippen molar-refractivity contribution >= 4 is 5.91 Å². The molecule has 0 aromatic carbocycles. The molecule has 3 rings (SSSR count). The molecule has 1 aromatic rings. The Morgan fingerprint density at radius 3 is 2.82 bits per heavy atom. The van der Waals surface area contributed by atoms with Crippen LogP contribution in [-0.2, 0) is 11.3 Å². The molecule has 17 heavy (non-hydrogen) atoms. The third kappa shape index (κ3) is 2.04. The summed E-state index contributed by atoms with van der Waals surface area (Å²) in [5, 5.41) is 14.0. The molecule has 1 saturated heterocycles. The zero-order valence-electron chi connectivity index (χ0n) is 9.62. The molecule has 1 aliphatic carbocycles. The smallest absolute Gasteiger partial charge is 0.224 e. The van der Waals surface area contributed by atoms with Crippen molar-refractivity contribution in [3.63, 3.8) is 0 Å². The van der Waals surface area contributed by atoms with Crippen LogP contribution in [0.2, 0.25) is 0 Å². The van der Waals surface area contributed by atoms with Crippen LogP contribution in [0.4, 0.5) is 0 Å². The number of carbonyl (C=O) groups is 1. The first-order chi connectivity index (χ1) is 8.17. The number of amides is 1. The highest BCUT2D eigenvalue weighted by Crippen LogP contribution is 2.44. The lowest BCUT2D eigenvalue weighted by molar-refractivity contribution is -0.159. The Bertz CT molecular complexity index is 407. The van der Waals surface area contributed by atoms with Gasteiger partial charge < -0.3 is 10.0 Å². The number of likely N-dealkylation sites (tertiary alicyclic amines) is 1. The molecule has 1 aliphatic heterocycles. The van der Waals surface area contributed by atoms with Gasteiger partial charge in [0.2, 0.25) is 5.91 Å². The van der Waals surface area contributed by atoms with Crippen molar-refractivity contribution in [1.29, 1.82) is 0 Å². The summed E-state index contributed by atoms with van der Waals surface area (Å²) in [6.07, 6.45) is 5.70. The fourth-order valence-electron chi connectivity index (χ4n) is 2.39. The van der Waals surface area contributed by atoms with E-state index in [2.05, 4.69) is 10.1 Å². The lowest BCUT2D eigenvalue weighted by Gasteiger charge is -2.47. The number of nitrogens with zero attached hydrogens (tertiary/aromatic N) is 4. The first kappa shape index (κ1) is 10.7.